The molecule has 0 spiro atoms. The van der Waals surface area contributed by atoms with Gasteiger partial charge < -0.3 is 19.5 Å². The van der Waals surface area contributed by atoms with E-state index in [-0.39, 0.29) is 11.8 Å². The Morgan fingerprint density at radius 2 is 1.69 bits per heavy atom. The first-order valence-corrected chi connectivity index (χ1v) is 11.6. The lowest BCUT2D eigenvalue weighted by Gasteiger charge is -2.23. The number of thiophene rings is 1. The lowest BCUT2D eigenvalue weighted by atomic mass is 10.1. The van der Waals surface area contributed by atoms with Gasteiger partial charge in [-0.2, -0.15) is 26.3 Å². The van der Waals surface area contributed by atoms with E-state index in [0.717, 1.165) is 26.2 Å². The second-order valence-electron chi connectivity index (χ2n) is 7.86. The summed E-state index contributed by atoms with van der Waals surface area (Å²) in [5.74, 6) is -5.63. The van der Waals surface area contributed by atoms with Gasteiger partial charge in [-0.3, -0.25) is 4.90 Å². The first kappa shape index (κ1) is 31.5. The van der Waals surface area contributed by atoms with Gasteiger partial charge in [-0.15, -0.1) is 11.3 Å². The molecule has 4 heterocycles. The van der Waals surface area contributed by atoms with Crippen LogP contribution in [0.4, 0.5) is 30.7 Å². The number of alkyl halides is 6. The van der Waals surface area contributed by atoms with Crippen molar-refractivity contribution in [3.05, 3.63) is 64.8 Å². The topological polar surface area (TPSA) is 118 Å². The van der Waals surface area contributed by atoms with E-state index in [0.29, 0.717) is 6.61 Å². The number of hydrogen-bond acceptors (Lipinski definition) is 7. The van der Waals surface area contributed by atoms with Gasteiger partial charge in [-0.05, 0) is 23.6 Å². The average molecular weight is 586 g/mol. The Morgan fingerprint density at radius 1 is 1.05 bits per heavy atom. The van der Waals surface area contributed by atoms with Crippen molar-refractivity contribution < 1.29 is 55.3 Å². The third kappa shape index (κ3) is 10.9. The molecule has 1 unspecified atom stereocenters. The Morgan fingerprint density at radius 3 is 2.23 bits per heavy atom. The van der Waals surface area contributed by atoms with Crippen molar-refractivity contribution in [3.63, 3.8) is 0 Å². The van der Waals surface area contributed by atoms with Gasteiger partial charge in [0.1, 0.15) is 0 Å². The van der Waals surface area contributed by atoms with Gasteiger partial charge in [0.2, 0.25) is 5.88 Å². The quantitative estimate of drug-likeness (QED) is 0.421. The van der Waals surface area contributed by atoms with Crippen LogP contribution in [0.5, 0.6) is 5.88 Å². The molecule has 2 N–H and O–H groups in total. The highest BCUT2D eigenvalue weighted by Crippen LogP contribution is 2.22. The average Bonchev–Trinajstić information content (AvgIpc) is 3.47. The minimum Gasteiger partial charge on any atom is -0.475 e. The molecule has 1 aliphatic rings. The van der Waals surface area contributed by atoms with Crippen LogP contribution >= 0.6 is 11.3 Å². The molecule has 0 aliphatic carbocycles. The number of hydrogen-bond donors (Lipinski definition) is 2. The molecule has 3 aromatic heterocycles. The third-order valence-electron chi connectivity index (χ3n) is 4.78. The Hall–Kier alpha value is -3.73. The third-order valence-corrected chi connectivity index (χ3v) is 5.64. The number of halogens is 7. The molecule has 0 radical (unpaired) electrons. The summed E-state index contributed by atoms with van der Waals surface area (Å²) in [6.45, 7) is 3.87. The fourth-order valence-corrected chi connectivity index (χ4v) is 3.91. The van der Waals surface area contributed by atoms with E-state index >= 15 is 0 Å². The highest BCUT2D eigenvalue weighted by molar-refractivity contribution is 7.09. The summed E-state index contributed by atoms with van der Waals surface area (Å²) < 4.78 is 85.0. The number of imidazole rings is 1. The zero-order chi connectivity index (χ0) is 29.2. The van der Waals surface area contributed by atoms with Crippen LogP contribution in [0.25, 0.3) is 0 Å². The Labute approximate surface area is 220 Å². The predicted octanol–water partition coefficient (Wildman–Crippen LogP) is 4.46. The molecular weight excluding hydrogens is 565 g/mol. The van der Waals surface area contributed by atoms with Crippen LogP contribution in [0.3, 0.4) is 0 Å². The number of carbonyl (C=O) groups is 2. The van der Waals surface area contributed by atoms with Gasteiger partial charge in [0.25, 0.3) is 0 Å². The standard InChI is InChI=1S/C18H19FN4OS.2C2HF3O2/c19-17-4-1-5-21-18(17)24-12-14-8-22(11-16-3-2-6-25-16)10-15-7-20-13-23(15)9-14;2*3-2(4,5)1(6)7/h1-7,13-14H,8-12H2;2*(H,6,7). The first-order valence-electron chi connectivity index (χ1n) is 10.7. The molecule has 0 aromatic carbocycles. The number of pyridine rings is 1. The van der Waals surface area contributed by atoms with Crippen LogP contribution in [0.15, 0.2) is 48.4 Å². The van der Waals surface area contributed by atoms with E-state index in [1.54, 1.807) is 23.6 Å². The smallest absolute Gasteiger partial charge is 0.475 e. The van der Waals surface area contributed by atoms with Crippen molar-refractivity contribution in [3.8, 4) is 5.88 Å². The van der Waals surface area contributed by atoms with Gasteiger partial charge in [-0.25, -0.2) is 23.9 Å². The van der Waals surface area contributed by atoms with E-state index in [2.05, 4.69) is 36.9 Å². The Balaban J connectivity index is 0.000000317. The SMILES string of the molecule is Fc1cccnc1OCC1CN(Cc2cccs2)Cc2cncn2C1.O=C(O)C(F)(F)F.O=C(O)C(F)(F)F. The van der Waals surface area contributed by atoms with Gasteiger partial charge in [-0.1, -0.05) is 6.07 Å². The van der Waals surface area contributed by atoms with Crippen LogP contribution < -0.4 is 4.74 Å². The lowest BCUT2D eigenvalue weighted by molar-refractivity contribution is -0.193. The minimum atomic E-state index is -5.08. The molecule has 0 fully saturated rings. The zero-order valence-electron chi connectivity index (χ0n) is 19.7. The number of carboxylic acid groups (broad SMARTS) is 2. The maximum absolute atomic E-state index is 13.7. The lowest BCUT2D eigenvalue weighted by Crippen LogP contribution is -2.30. The van der Waals surface area contributed by atoms with Crippen LogP contribution in [0.2, 0.25) is 0 Å². The molecule has 1 aliphatic heterocycles. The maximum atomic E-state index is 13.7. The fraction of sp³-hybridized carbons (Fsp3) is 0.364. The minimum absolute atomic E-state index is 0.0717. The highest BCUT2D eigenvalue weighted by atomic mass is 32.1. The summed E-state index contributed by atoms with van der Waals surface area (Å²) in [6, 6.07) is 7.16. The predicted molar refractivity (Wildman–Crippen MR) is 121 cm³/mol. The van der Waals surface area contributed by atoms with Gasteiger partial charge in [0.15, 0.2) is 5.82 Å². The van der Waals surface area contributed by atoms with Crippen LogP contribution in [-0.4, -0.2) is 67.1 Å². The van der Waals surface area contributed by atoms with Crippen molar-refractivity contribution in [2.75, 3.05) is 13.2 Å². The normalized spacial score (nSPS) is 15.5. The summed E-state index contributed by atoms with van der Waals surface area (Å²) in [5, 5.41) is 16.3. The molecule has 9 nitrogen and oxygen atoms in total. The van der Waals surface area contributed by atoms with Gasteiger partial charge in [0, 0.05) is 49.4 Å². The van der Waals surface area contributed by atoms with Crippen molar-refractivity contribution >= 4 is 23.3 Å². The van der Waals surface area contributed by atoms with Crippen LogP contribution in [0, 0.1) is 11.7 Å². The molecule has 0 saturated heterocycles. The molecule has 17 heteroatoms. The molecule has 1 atom stereocenters. The van der Waals surface area contributed by atoms with E-state index in [1.165, 1.54) is 16.6 Å². The summed E-state index contributed by atoms with van der Waals surface area (Å²) in [4.78, 5) is 29.8. The van der Waals surface area contributed by atoms with E-state index < -0.39 is 30.1 Å². The fourth-order valence-electron chi connectivity index (χ4n) is 3.16. The second-order valence-corrected chi connectivity index (χ2v) is 8.89. The van der Waals surface area contributed by atoms with Gasteiger partial charge >= 0.3 is 24.3 Å². The number of ether oxygens (including phenoxy) is 1. The van der Waals surface area contributed by atoms with E-state index in [1.807, 2.05) is 12.5 Å². The monoisotopic (exact) mass is 586 g/mol. The van der Waals surface area contributed by atoms with Crippen molar-refractivity contribution in [2.24, 2.45) is 5.92 Å². The number of aromatic nitrogens is 3. The number of fused-ring (bicyclic) bond motifs is 1. The molecule has 4 rings (SSSR count). The number of rotatable bonds is 5. The van der Waals surface area contributed by atoms with Gasteiger partial charge in [0.05, 0.1) is 18.6 Å². The van der Waals surface area contributed by atoms with Crippen LogP contribution in [-0.2, 0) is 29.2 Å². The maximum Gasteiger partial charge on any atom is 0.490 e. The molecule has 0 saturated carbocycles. The Kier molecular flexibility index (Phi) is 11.2. The number of nitrogens with zero attached hydrogens (tertiary/aromatic N) is 4. The Bertz CT molecular complexity index is 1180. The summed E-state index contributed by atoms with van der Waals surface area (Å²) in [6.07, 6.45) is -4.84. The highest BCUT2D eigenvalue weighted by Gasteiger charge is 2.38. The van der Waals surface area contributed by atoms with Crippen molar-refractivity contribution in [1.82, 2.24) is 19.4 Å². The van der Waals surface area contributed by atoms with E-state index in [9.17, 15) is 30.7 Å². The second kappa shape index (κ2) is 13.9. The molecule has 3 aromatic rings. The van der Waals surface area contributed by atoms with E-state index in [4.69, 9.17) is 24.5 Å². The number of carboxylic acids is 2. The first-order chi connectivity index (χ1) is 18.2. The molecular formula is C22H21F7N4O5S. The molecule has 0 amide bonds. The zero-order valence-corrected chi connectivity index (χ0v) is 20.5. The van der Waals surface area contributed by atoms with Crippen molar-refractivity contribution in [1.29, 1.82) is 0 Å². The summed E-state index contributed by atoms with van der Waals surface area (Å²) in [5.41, 5.74) is 1.20. The van der Waals surface area contributed by atoms with Crippen LogP contribution in [0.1, 0.15) is 10.6 Å². The molecule has 214 valence electrons. The number of aliphatic carboxylic acids is 2. The molecule has 39 heavy (non-hydrogen) atoms. The summed E-state index contributed by atoms with van der Waals surface area (Å²) in [7, 11) is 0. The summed E-state index contributed by atoms with van der Waals surface area (Å²) >= 11 is 1.77. The molecule has 0 bridgehead atoms. The van der Waals surface area contributed by atoms with Crippen molar-refractivity contribution in [2.45, 2.75) is 32.0 Å². The largest absolute Gasteiger partial charge is 0.490 e.